The molecule has 1 heterocycles. The van der Waals surface area contributed by atoms with Crippen molar-refractivity contribution in [3.63, 3.8) is 0 Å². The maximum Gasteiger partial charge on any atom is 0.331 e. The second kappa shape index (κ2) is 15.0. The number of aliphatic hydroxyl groups is 3. The normalized spacial score (nSPS) is 37.6. The van der Waals surface area contributed by atoms with Crippen molar-refractivity contribution in [3.05, 3.63) is 47.5 Å². The van der Waals surface area contributed by atoms with Crippen molar-refractivity contribution in [2.45, 2.75) is 161 Å². The number of hydrogen-bond donors (Lipinski definition) is 3. The predicted octanol–water partition coefficient (Wildman–Crippen LogP) is 7.88. The molecule has 0 amide bonds. The monoisotopic (exact) mass is 692 g/mol. The van der Waals surface area contributed by atoms with Gasteiger partial charge in [-0.25, -0.2) is 4.79 Å². The van der Waals surface area contributed by atoms with Crippen molar-refractivity contribution >= 4 is 11.9 Å². The summed E-state index contributed by atoms with van der Waals surface area (Å²) >= 11 is 0. The van der Waals surface area contributed by atoms with Gasteiger partial charge in [-0.05, 0) is 130 Å². The fourth-order valence-electron chi connectivity index (χ4n) is 12.3. The van der Waals surface area contributed by atoms with Crippen LogP contribution >= 0.6 is 0 Å². The molecule has 1 aromatic rings. The van der Waals surface area contributed by atoms with Gasteiger partial charge in [-0.3, -0.25) is 4.79 Å². The van der Waals surface area contributed by atoms with E-state index in [-0.39, 0.29) is 29.9 Å². The maximum atomic E-state index is 13.4. The minimum Gasteiger partial charge on any atom is -0.462 e. The van der Waals surface area contributed by atoms with Gasteiger partial charge in [0, 0.05) is 18.9 Å². The lowest BCUT2D eigenvalue weighted by Crippen LogP contribution is -2.77. The second-order valence-electron chi connectivity index (χ2n) is 17.8. The number of cyclic esters (lactones) is 1. The number of hydrogen-bond acceptors (Lipinski definition) is 7. The Kier molecular flexibility index (Phi) is 11.3. The number of aliphatic hydroxyl groups excluding tert-OH is 2. The summed E-state index contributed by atoms with van der Waals surface area (Å²) in [6.07, 6.45) is 14.4. The fourth-order valence-corrected chi connectivity index (χ4v) is 12.3. The maximum absolute atomic E-state index is 13.4. The molecule has 0 aromatic heterocycles. The Bertz CT molecular complexity index is 1370. The third-order valence-corrected chi connectivity index (χ3v) is 14.9. The van der Waals surface area contributed by atoms with E-state index in [1.807, 2.05) is 13.0 Å². The predicted molar refractivity (Wildman–Crippen MR) is 194 cm³/mol. The molecule has 1 spiro atoms. The lowest BCUT2D eigenvalue weighted by molar-refractivity contribution is -0.326. The Labute approximate surface area is 300 Å². The molecule has 4 fully saturated rings. The van der Waals surface area contributed by atoms with Crippen LogP contribution in [-0.4, -0.2) is 57.8 Å². The van der Waals surface area contributed by atoms with Crippen LogP contribution in [0.5, 0.6) is 0 Å². The Morgan fingerprint density at radius 3 is 2.46 bits per heavy atom. The Morgan fingerprint density at radius 1 is 1.04 bits per heavy atom. The van der Waals surface area contributed by atoms with Crippen LogP contribution in [0.15, 0.2) is 42.0 Å². The van der Waals surface area contributed by atoms with Crippen LogP contribution in [0.2, 0.25) is 0 Å². The molecule has 4 saturated carbocycles. The van der Waals surface area contributed by atoms with Crippen molar-refractivity contribution in [1.29, 1.82) is 0 Å². The topological polar surface area (TPSA) is 113 Å². The average molecular weight is 693 g/mol. The molecule has 6 rings (SSSR count). The first-order valence-corrected chi connectivity index (χ1v) is 20.0. The van der Waals surface area contributed by atoms with Crippen LogP contribution in [0, 0.1) is 39.9 Å². The van der Waals surface area contributed by atoms with E-state index in [1.165, 1.54) is 50.7 Å². The van der Waals surface area contributed by atoms with Gasteiger partial charge < -0.3 is 24.8 Å². The van der Waals surface area contributed by atoms with Crippen molar-refractivity contribution in [3.8, 4) is 0 Å². The van der Waals surface area contributed by atoms with E-state index in [0.717, 1.165) is 50.5 Å². The number of rotatable bonds is 13. The zero-order chi connectivity index (χ0) is 35.7. The SMILES string of the molecule is CC(=O)OC1CC(C)C(O)(CCC2=CC(=O)OC2)C2(C(O)CCC(C)CCCc3ccccc3)C(O)CCC(C)(C3CCC4(CCCC4)C3)C12. The van der Waals surface area contributed by atoms with E-state index in [9.17, 15) is 24.9 Å². The lowest BCUT2D eigenvalue weighted by Gasteiger charge is -2.70. The summed E-state index contributed by atoms with van der Waals surface area (Å²) in [7, 11) is 0. The van der Waals surface area contributed by atoms with E-state index >= 15 is 0 Å². The van der Waals surface area contributed by atoms with E-state index in [0.29, 0.717) is 49.4 Å². The molecule has 10 atom stereocenters. The second-order valence-corrected chi connectivity index (χ2v) is 17.8. The molecule has 0 radical (unpaired) electrons. The summed E-state index contributed by atoms with van der Waals surface area (Å²) in [6, 6.07) is 10.5. The van der Waals surface area contributed by atoms with Crippen LogP contribution in [-0.2, 0) is 25.5 Å². The molecule has 5 aliphatic rings. The highest BCUT2D eigenvalue weighted by molar-refractivity contribution is 5.85. The molecule has 7 nitrogen and oxygen atoms in total. The Balaban J connectivity index is 1.35. The smallest absolute Gasteiger partial charge is 0.331 e. The van der Waals surface area contributed by atoms with Crippen molar-refractivity contribution in [2.75, 3.05) is 6.61 Å². The quantitative estimate of drug-likeness (QED) is 0.180. The van der Waals surface area contributed by atoms with Crippen LogP contribution < -0.4 is 0 Å². The van der Waals surface area contributed by atoms with E-state index in [2.05, 4.69) is 38.1 Å². The van der Waals surface area contributed by atoms with Crippen LogP contribution in [0.4, 0.5) is 0 Å². The van der Waals surface area contributed by atoms with E-state index < -0.39 is 35.2 Å². The largest absolute Gasteiger partial charge is 0.462 e. The molecule has 50 heavy (non-hydrogen) atoms. The molecular formula is C43H64O7. The highest BCUT2D eigenvalue weighted by Gasteiger charge is 2.74. The summed E-state index contributed by atoms with van der Waals surface area (Å²) in [4.78, 5) is 24.8. The van der Waals surface area contributed by atoms with Gasteiger partial charge in [0.15, 0.2) is 0 Å². The summed E-state index contributed by atoms with van der Waals surface area (Å²) in [6.45, 7) is 8.26. The number of fused-ring (bicyclic) bond motifs is 1. The number of benzene rings is 1. The highest BCUT2D eigenvalue weighted by Crippen LogP contribution is 2.71. The summed E-state index contributed by atoms with van der Waals surface area (Å²) in [5, 5.41) is 38.8. The first-order valence-electron chi connectivity index (χ1n) is 20.0. The van der Waals surface area contributed by atoms with Gasteiger partial charge in [-0.15, -0.1) is 0 Å². The van der Waals surface area contributed by atoms with Crippen LogP contribution in [0.3, 0.4) is 0 Å². The fraction of sp³-hybridized carbons (Fsp3) is 0.767. The zero-order valence-corrected chi connectivity index (χ0v) is 31.2. The molecule has 0 saturated heterocycles. The number of ether oxygens (including phenoxy) is 2. The first kappa shape index (κ1) is 37.5. The van der Waals surface area contributed by atoms with Gasteiger partial charge in [0.2, 0.25) is 0 Å². The summed E-state index contributed by atoms with van der Waals surface area (Å²) in [5.41, 5.74) is -0.569. The molecule has 3 N–H and O–H groups in total. The van der Waals surface area contributed by atoms with Gasteiger partial charge >= 0.3 is 11.9 Å². The molecular weight excluding hydrogens is 628 g/mol. The standard InChI is InChI=1S/C43H64O7/c1-29(11-10-14-32-12-6-5-7-13-32)15-16-36(45)43-37(46)19-22-40(4,34-18-23-41(27-34)20-8-9-21-41)39(43)35(50-31(3)44)25-30(2)42(43,48)24-17-33-26-38(47)49-28-33/h5-7,12-13,26,29-30,34-37,39,45-46,48H,8-11,14-25,27-28H2,1-4H3. The van der Waals surface area contributed by atoms with Gasteiger partial charge in [-0.1, -0.05) is 70.4 Å². The minimum atomic E-state index is -1.46. The van der Waals surface area contributed by atoms with Gasteiger partial charge in [-0.2, -0.15) is 0 Å². The summed E-state index contributed by atoms with van der Waals surface area (Å²) in [5.74, 6) is -0.764. The van der Waals surface area contributed by atoms with E-state index in [4.69, 9.17) is 9.47 Å². The number of carbonyl (C=O) groups excluding carboxylic acids is 2. The summed E-state index contributed by atoms with van der Waals surface area (Å²) < 4.78 is 11.5. The first-order chi connectivity index (χ1) is 23.8. The molecule has 7 heteroatoms. The third-order valence-electron chi connectivity index (χ3n) is 14.9. The number of aryl methyl sites for hydroxylation is 1. The number of carbonyl (C=O) groups is 2. The van der Waals surface area contributed by atoms with Crippen molar-refractivity contribution in [1.82, 2.24) is 0 Å². The lowest BCUT2D eigenvalue weighted by atomic mass is 9.38. The molecule has 1 aliphatic heterocycles. The van der Waals surface area contributed by atoms with Gasteiger partial charge in [0.25, 0.3) is 0 Å². The number of esters is 2. The molecule has 4 aliphatic carbocycles. The molecule has 278 valence electrons. The molecule has 1 aromatic carbocycles. The van der Waals surface area contributed by atoms with Crippen molar-refractivity contribution in [2.24, 2.45) is 39.9 Å². The molecule has 0 bridgehead atoms. The van der Waals surface area contributed by atoms with Gasteiger partial charge in [0.05, 0.1) is 23.2 Å². The van der Waals surface area contributed by atoms with Crippen molar-refractivity contribution < 1.29 is 34.4 Å². The average Bonchev–Trinajstić information content (AvgIpc) is 3.85. The third kappa shape index (κ3) is 6.97. The van der Waals surface area contributed by atoms with Crippen LogP contribution in [0.1, 0.15) is 136 Å². The Morgan fingerprint density at radius 2 is 1.78 bits per heavy atom. The van der Waals surface area contributed by atoms with Gasteiger partial charge in [0.1, 0.15) is 12.7 Å². The Hall–Kier alpha value is -2.22. The van der Waals surface area contributed by atoms with Crippen LogP contribution in [0.25, 0.3) is 0 Å². The van der Waals surface area contributed by atoms with E-state index in [1.54, 1.807) is 0 Å². The zero-order valence-electron chi connectivity index (χ0n) is 31.2. The molecule has 10 unspecified atom stereocenters. The minimum absolute atomic E-state index is 0.212. The highest BCUT2D eigenvalue weighted by atomic mass is 16.5.